The Balaban J connectivity index is 1.90. The van der Waals surface area contributed by atoms with Crippen LogP contribution in [0, 0.1) is 0 Å². The lowest BCUT2D eigenvalue weighted by Gasteiger charge is -2.42. The third-order valence-corrected chi connectivity index (χ3v) is 5.00. The third-order valence-electron chi connectivity index (χ3n) is 5.00. The number of amides is 1. The molecule has 1 aliphatic carbocycles. The van der Waals surface area contributed by atoms with E-state index in [0.29, 0.717) is 6.04 Å². The van der Waals surface area contributed by atoms with Crippen molar-refractivity contribution in [3.8, 4) is 0 Å². The monoisotopic (exact) mass is 267 g/mol. The highest BCUT2D eigenvalue weighted by Crippen LogP contribution is 2.29. The molecule has 3 N–H and O–H groups in total. The standard InChI is InChI=1S/C15H29N3O/c1-12(2)18-10-8-14(3,9-11-18)17-13(19)15(16)6-4-5-7-15/h12H,4-11,16H2,1-3H3,(H,17,19). The van der Waals surface area contributed by atoms with Gasteiger partial charge in [-0.1, -0.05) is 12.8 Å². The van der Waals surface area contributed by atoms with Gasteiger partial charge in [0.2, 0.25) is 5.91 Å². The summed E-state index contributed by atoms with van der Waals surface area (Å²) in [6.07, 6.45) is 5.89. The maximum Gasteiger partial charge on any atom is 0.240 e. The van der Waals surface area contributed by atoms with Gasteiger partial charge in [0, 0.05) is 24.7 Å². The summed E-state index contributed by atoms with van der Waals surface area (Å²) in [7, 11) is 0. The molecule has 2 aliphatic rings. The van der Waals surface area contributed by atoms with Gasteiger partial charge >= 0.3 is 0 Å². The molecular formula is C15H29N3O. The zero-order valence-electron chi connectivity index (χ0n) is 12.7. The molecule has 0 radical (unpaired) electrons. The first-order chi connectivity index (χ1) is 8.85. The molecule has 1 aliphatic heterocycles. The second kappa shape index (κ2) is 5.41. The van der Waals surface area contributed by atoms with Gasteiger partial charge in [0.05, 0.1) is 5.54 Å². The fourth-order valence-electron chi connectivity index (χ4n) is 3.29. The number of rotatable bonds is 3. The highest BCUT2D eigenvalue weighted by Gasteiger charge is 2.41. The Hall–Kier alpha value is -0.610. The smallest absolute Gasteiger partial charge is 0.240 e. The van der Waals surface area contributed by atoms with Gasteiger partial charge < -0.3 is 16.0 Å². The van der Waals surface area contributed by atoms with E-state index in [-0.39, 0.29) is 11.4 Å². The zero-order valence-corrected chi connectivity index (χ0v) is 12.7. The first-order valence-electron chi connectivity index (χ1n) is 7.70. The molecule has 0 spiro atoms. The normalized spacial score (nSPS) is 26.6. The molecule has 0 aromatic heterocycles. The highest BCUT2D eigenvalue weighted by molar-refractivity contribution is 5.87. The van der Waals surface area contributed by atoms with Gasteiger partial charge in [0.25, 0.3) is 0 Å². The molecule has 1 saturated carbocycles. The second-order valence-electron chi connectivity index (χ2n) is 7.01. The predicted molar refractivity (Wildman–Crippen MR) is 77.9 cm³/mol. The molecule has 1 amide bonds. The van der Waals surface area contributed by atoms with Gasteiger partial charge in [-0.05, 0) is 46.5 Å². The van der Waals surface area contributed by atoms with Crippen molar-refractivity contribution in [2.24, 2.45) is 5.73 Å². The summed E-state index contributed by atoms with van der Waals surface area (Å²) in [5, 5.41) is 3.25. The maximum absolute atomic E-state index is 12.4. The summed E-state index contributed by atoms with van der Waals surface area (Å²) >= 11 is 0. The fourth-order valence-corrected chi connectivity index (χ4v) is 3.29. The van der Waals surface area contributed by atoms with Gasteiger partial charge in [-0.3, -0.25) is 4.79 Å². The Labute approximate surface area is 117 Å². The van der Waals surface area contributed by atoms with Crippen LogP contribution in [0.1, 0.15) is 59.3 Å². The molecule has 4 nitrogen and oxygen atoms in total. The van der Waals surface area contributed by atoms with Crippen LogP contribution in [0.5, 0.6) is 0 Å². The van der Waals surface area contributed by atoms with E-state index in [1.54, 1.807) is 0 Å². The molecule has 0 aromatic rings. The van der Waals surface area contributed by atoms with Gasteiger partial charge in [-0.15, -0.1) is 0 Å². The van der Waals surface area contributed by atoms with Gasteiger partial charge in [0.15, 0.2) is 0 Å². The van der Waals surface area contributed by atoms with Crippen LogP contribution in [0.4, 0.5) is 0 Å². The minimum Gasteiger partial charge on any atom is -0.349 e. The lowest BCUT2D eigenvalue weighted by molar-refractivity contribution is -0.128. The van der Waals surface area contributed by atoms with Gasteiger partial charge in [0.1, 0.15) is 0 Å². The summed E-state index contributed by atoms with van der Waals surface area (Å²) in [6, 6.07) is 0.593. The SMILES string of the molecule is CC(C)N1CCC(C)(NC(=O)C2(N)CCCC2)CC1. The van der Waals surface area contributed by atoms with Crippen LogP contribution < -0.4 is 11.1 Å². The summed E-state index contributed by atoms with van der Waals surface area (Å²) in [5.74, 6) is 0.0745. The van der Waals surface area contributed by atoms with E-state index in [4.69, 9.17) is 5.73 Å². The molecular weight excluding hydrogens is 238 g/mol. The first kappa shape index (κ1) is 14.8. The topological polar surface area (TPSA) is 58.4 Å². The van der Waals surface area contributed by atoms with Crippen molar-refractivity contribution in [2.75, 3.05) is 13.1 Å². The number of nitrogens with one attached hydrogen (secondary N) is 1. The molecule has 110 valence electrons. The Kier molecular flexibility index (Phi) is 4.21. The molecule has 4 heteroatoms. The molecule has 0 atom stereocenters. The average Bonchev–Trinajstić information content (AvgIpc) is 2.77. The Morgan fingerprint density at radius 1 is 1.16 bits per heavy atom. The van der Waals surface area contributed by atoms with Crippen molar-refractivity contribution in [1.29, 1.82) is 0 Å². The highest BCUT2D eigenvalue weighted by atomic mass is 16.2. The second-order valence-corrected chi connectivity index (χ2v) is 7.01. The molecule has 2 rings (SSSR count). The van der Waals surface area contributed by atoms with Crippen LogP contribution in [0.15, 0.2) is 0 Å². The van der Waals surface area contributed by atoms with E-state index in [9.17, 15) is 4.79 Å². The fraction of sp³-hybridized carbons (Fsp3) is 0.933. The van der Waals surface area contributed by atoms with Crippen molar-refractivity contribution in [2.45, 2.75) is 76.4 Å². The van der Waals surface area contributed by atoms with Crippen LogP contribution >= 0.6 is 0 Å². The average molecular weight is 267 g/mol. The molecule has 0 aromatic carbocycles. The molecule has 19 heavy (non-hydrogen) atoms. The molecule has 1 heterocycles. The van der Waals surface area contributed by atoms with Crippen molar-refractivity contribution < 1.29 is 4.79 Å². The summed E-state index contributed by atoms with van der Waals surface area (Å²) in [4.78, 5) is 14.9. The number of hydrogen-bond acceptors (Lipinski definition) is 3. The Morgan fingerprint density at radius 3 is 2.16 bits per heavy atom. The van der Waals surface area contributed by atoms with Gasteiger partial charge in [-0.2, -0.15) is 0 Å². The van der Waals surface area contributed by atoms with E-state index in [1.807, 2.05) is 0 Å². The van der Waals surface area contributed by atoms with Gasteiger partial charge in [-0.25, -0.2) is 0 Å². The Bertz CT molecular complexity index is 326. The lowest BCUT2D eigenvalue weighted by Crippen LogP contribution is -2.61. The quantitative estimate of drug-likeness (QED) is 0.817. The number of piperidine rings is 1. The third kappa shape index (κ3) is 3.29. The molecule has 1 saturated heterocycles. The van der Waals surface area contributed by atoms with Crippen LogP contribution in [0.2, 0.25) is 0 Å². The van der Waals surface area contributed by atoms with Crippen LogP contribution in [0.25, 0.3) is 0 Å². The van der Waals surface area contributed by atoms with Crippen molar-refractivity contribution >= 4 is 5.91 Å². The molecule has 0 bridgehead atoms. The summed E-state index contributed by atoms with van der Waals surface area (Å²) in [6.45, 7) is 8.75. The minimum absolute atomic E-state index is 0.0720. The van der Waals surface area contributed by atoms with Crippen LogP contribution in [-0.4, -0.2) is 41.0 Å². The van der Waals surface area contributed by atoms with Crippen LogP contribution in [-0.2, 0) is 4.79 Å². The summed E-state index contributed by atoms with van der Waals surface area (Å²) < 4.78 is 0. The number of carbonyl (C=O) groups is 1. The predicted octanol–water partition coefficient (Wildman–Crippen LogP) is 1.64. The van der Waals surface area contributed by atoms with E-state index in [2.05, 4.69) is 31.0 Å². The lowest BCUT2D eigenvalue weighted by atomic mass is 9.87. The maximum atomic E-state index is 12.4. The van der Waals surface area contributed by atoms with E-state index in [1.165, 1.54) is 0 Å². The Morgan fingerprint density at radius 2 is 1.68 bits per heavy atom. The number of hydrogen-bond donors (Lipinski definition) is 2. The molecule has 2 fully saturated rings. The number of likely N-dealkylation sites (tertiary alicyclic amines) is 1. The summed E-state index contributed by atoms with van der Waals surface area (Å²) in [5.41, 5.74) is 5.56. The first-order valence-corrected chi connectivity index (χ1v) is 7.70. The number of carbonyl (C=O) groups excluding carboxylic acids is 1. The van der Waals surface area contributed by atoms with Crippen LogP contribution in [0.3, 0.4) is 0 Å². The number of nitrogens with two attached hydrogens (primary N) is 1. The minimum atomic E-state index is -0.599. The largest absolute Gasteiger partial charge is 0.349 e. The van der Waals surface area contributed by atoms with E-state index >= 15 is 0 Å². The zero-order chi connectivity index (χ0) is 14.1. The number of nitrogens with zero attached hydrogens (tertiary/aromatic N) is 1. The van der Waals surface area contributed by atoms with E-state index in [0.717, 1.165) is 51.6 Å². The van der Waals surface area contributed by atoms with Crippen molar-refractivity contribution in [3.05, 3.63) is 0 Å². The van der Waals surface area contributed by atoms with Crippen molar-refractivity contribution in [3.63, 3.8) is 0 Å². The van der Waals surface area contributed by atoms with Crippen molar-refractivity contribution in [1.82, 2.24) is 10.2 Å². The van der Waals surface area contributed by atoms with E-state index < -0.39 is 5.54 Å². The molecule has 0 unspecified atom stereocenters.